The highest BCUT2D eigenvalue weighted by atomic mass is 19.1. The van der Waals surface area contributed by atoms with Gasteiger partial charge in [-0.3, -0.25) is 9.59 Å². The van der Waals surface area contributed by atoms with E-state index in [1.54, 1.807) is 12.5 Å². The molecule has 0 aliphatic carbocycles. The van der Waals surface area contributed by atoms with Crippen molar-refractivity contribution in [2.75, 3.05) is 5.32 Å². The average molecular weight is 479 g/mol. The van der Waals surface area contributed by atoms with E-state index < -0.39 is 40.6 Å². The molecule has 1 aromatic carbocycles. The van der Waals surface area contributed by atoms with Crippen LogP contribution in [0.25, 0.3) is 0 Å². The lowest BCUT2D eigenvalue weighted by molar-refractivity contribution is -0.126. The topological polar surface area (TPSA) is 96.2 Å². The quantitative estimate of drug-likeness (QED) is 0.424. The minimum absolute atomic E-state index is 0.186. The van der Waals surface area contributed by atoms with Gasteiger partial charge < -0.3 is 20.3 Å². The van der Waals surface area contributed by atoms with Gasteiger partial charge in [-0.05, 0) is 57.2 Å². The second-order valence-electron chi connectivity index (χ2n) is 9.44. The molecule has 0 saturated heterocycles. The standard InChI is InChI=1S/C25H36F2N4O3/c1-6-9-20(29-22(32)12-17-10-18(26)13-19(27)11-17)23(33)30-21-14-31(16-28-21)24(4,5)15-25(34,7-2)8-3/h10-11,13-14,16,20,34H,6-9,12,15H2,1-5H3,(H,29,32)(H,30,33). The summed E-state index contributed by atoms with van der Waals surface area (Å²) in [7, 11) is 0. The minimum Gasteiger partial charge on any atom is -0.390 e. The van der Waals surface area contributed by atoms with E-state index in [9.17, 15) is 23.5 Å². The molecule has 7 nitrogen and oxygen atoms in total. The third-order valence-corrected chi connectivity index (χ3v) is 6.13. The molecule has 9 heteroatoms. The van der Waals surface area contributed by atoms with E-state index in [0.717, 1.165) is 18.2 Å². The van der Waals surface area contributed by atoms with Gasteiger partial charge >= 0.3 is 0 Å². The summed E-state index contributed by atoms with van der Waals surface area (Å²) in [5, 5.41) is 16.1. The van der Waals surface area contributed by atoms with Crippen LogP contribution in [0.3, 0.4) is 0 Å². The Morgan fingerprint density at radius 2 is 1.74 bits per heavy atom. The van der Waals surface area contributed by atoms with Crippen molar-refractivity contribution in [3.8, 4) is 0 Å². The number of imidazole rings is 1. The molecule has 0 fully saturated rings. The van der Waals surface area contributed by atoms with Crippen molar-refractivity contribution in [1.82, 2.24) is 14.9 Å². The Hall–Kier alpha value is -2.81. The fraction of sp³-hybridized carbons (Fsp3) is 0.560. The molecule has 0 radical (unpaired) electrons. The molecule has 34 heavy (non-hydrogen) atoms. The zero-order valence-corrected chi connectivity index (χ0v) is 20.6. The molecule has 1 aromatic heterocycles. The second-order valence-corrected chi connectivity index (χ2v) is 9.44. The van der Waals surface area contributed by atoms with Crippen LogP contribution < -0.4 is 10.6 Å². The number of hydrogen-bond acceptors (Lipinski definition) is 4. The monoisotopic (exact) mass is 478 g/mol. The van der Waals surface area contributed by atoms with Crippen LogP contribution in [0.1, 0.15) is 72.3 Å². The van der Waals surface area contributed by atoms with Crippen LogP contribution in [-0.4, -0.2) is 38.1 Å². The molecule has 0 bridgehead atoms. The number of nitrogens with zero attached hydrogens (tertiary/aromatic N) is 2. The fourth-order valence-corrected chi connectivity index (χ4v) is 4.03. The molecule has 1 unspecified atom stereocenters. The van der Waals surface area contributed by atoms with Crippen LogP contribution in [0.15, 0.2) is 30.7 Å². The molecule has 3 N–H and O–H groups in total. The number of anilines is 1. The number of amides is 2. The van der Waals surface area contributed by atoms with E-state index >= 15 is 0 Å². The largest absolute Gasteiger partial charge is 0.390 e. The summed E-state index contributed by atoms with van der Waals surface area (Å²) >= 11 is 0. The van der Waals surface area contributed by atoms with Crippen LogP contribution in [0.5, 0.6) is 0 Å². The first-order valence-corrected chi connectivity index (χ1v) is 11.7. The maximum Gasteiger partial charge on any atom is 0.248 e. The van der Waals surface area contributed by atoms with Crippen molar-refractivity contribution in [3.05, 3.63) is 47.9 Å². The molecule has 2 rings (SSSR count). The highest BCUT2D eigenvalue weighted by Gasteiger charge is 2.33. The van der Waals surface area contributed by atoms with Crippen molar-refractivity contribution in [1.29, 1.82) is 0 Å². The van der Waals surface area contributed by atoms with Gasteiger partial charge in [0, 0.05) is 17.8 Å². The number of hydrogen-bond donors (Lipinski definition) is 3. The minimum atomic E-state index is -0.820. The normalized spacial score (nSPS) is 12.9. The predicted molar refractivity (Wildman–Crippen MR) is 127 cm³/mol. The lowest BCUT2D eigenvalue weighted by atomic mass is 9.83. The van der Waals surface area contributed by atoms with E-state index in [-0.39, 0.29) is 12.0 Å². The van der Waals surface area contributed by atoms with Crippen LogP contribution in [0.2, 0.25) is 0 Å². The summed E-state index contributed by atoms with van der Waals surface area (Å²) in [5.41, 5.74) is -1.04. The second kappa shape index (κ2) is 11.6. The Morgan fingerprint density at radius 3 is 2.29 bits per heavy atom. The van der Waals surface area contributed by atoms with E-state index in [1.165, 1.54) is 0 Å². The Kier molecular flexibility index (Phi) is 9.32. The SMILES string of the molecule is CCCC(NC(=O)Cc1cc(F)cc(F)c1)C(=O)Nc1cn(C(C)(C)CC(O)(CC)CC)cn1. The van der Waals surface area contributed by atoms with Crippen molar-refractivity contribution in [2.24, 2.45) is 0 Å². The maximum absolute atomic E-state index is 13.4. The molecule has 0 aliphatic rings. The zero-order valence-electron chi connectivity index (χ0n) is 20.6. The number of rotatable bonds is 12. The molecular weight excluding hydrogens is 442 g/mol. The van der Waals surface area contributed by atoms with Crippen molar-refractivity contribution in [3.63, 3.8) is 0 Å². The van der Waals surface area contributed by atoms with Gasteiger partial charge in [-0.1, -0.05) is 27.2 Å². The Balaban J connectivity index is 2.05. The Labute approximate surface area is 200 Å². The number of carbonyl (C=O) groups excluding carboxylic acids is 2. The number of aliphatic hydroxyl groups is 1. The highest BCUT2D eigenvalue weighted by Crippen LogP contribution is 2.32. The van der Waals surface area contributed by atoms with Gasteiger partial charge in [0.15, 0.2) is 5.82 Å². The molecule has 1 heterocycles. The molecule has 1 atom stereocenters. The third-order valence-electron chi connectivity index (χ3n) is 6.13. The summed E-state index contributed by atoms with van der Waals surface area (Å²) in [4.78, 5) is 29.5. The van der Waals surface area contributed by atoms with Gasteiger partial charge in [0.1, 0.15) is 17.7 Å². The van der Waals surface area contributed by atoms with Gasteiger partial charge in [-0.25, -0.2) is 13.8 Å². The summed E-state index contributed by atoms with van der Waals surface area (Å²) in [6, 6.07) is 2.09. The van der Waals surface area contributed by atoms with Crippen LogP contribution in [0, 0.1) is 11.6 Å². The smallest absolute Gasteiger partial charge is 0.248 e. The zero-order chi connectivity index (χ0) is 25.5. The number of aromatic nitrogens is 2. The van der Waals surface area contributed by atoms with Crippen LogP contribution >= 0.6 is 0 Å². The summed E-state index contributed by atoms with van der Waals surface area (Å²) < 4.78 is 28.6. The first kappa shape index (κ1) is 27.4. The lowest BCUT2D eigenvalue weighted by Gasteiger charge is -2.36. The van der Waals surface area contributed by atoms with Crippen LogP contribution in [-0.2, 0) is 21.5 Å². The summed E-state index contributed by atoms with van der Waals surface area (Å²) in [6.45, 7) is 9.77. The molecule has 0 aliphatic heterocycles. The number of halogens is 2. The van der Waals surface area contributed by atoms with Gasteiger partial charge in [0.25, 0.3) is 0 Å². The number of nitrogens with one attached hydrogen (secondary N) is 2. The molecule has 0 spiro atoms. The molecule has 188 valence electrons. The number of benzene rings is 1. The number of carbonyl (C=O) groups is 2. The molecule has 2 aromatic rings. The maximum atomic E-state index is 13.4. The van der Waals surface area contributed by atoms with E-state index in [1.807, 2.05) is 39.2 Å². The Bertz CT molecular complexity index is 966. The first-order chi connectivity index (χ1) is 15.9. The third kappa shape index (κ3) is 7.62. The van der Waals surface area contributed by atoms with Gasteiger partial charge in [0.2, 0.25) is 11.8 Å². The molecule has 2 amide bonds. The van der Waals surface area contributed by atoms with Gasteiger partial charge in [-0.15, -0.1) is 0 Å². The molecular formula is C25H36F2N4O3. The van der Waals surface area contributed by atoms with Crippen molar-refractivity contribution >= 4 is 17.6 Å². The Morgan fingerprint density at radius 1 is 1.12 bits per heavy atom. The van der Waals surface area contributed by atoms with Gasteiger partial charge in [-0.2, -0.15) is 0 Å². The fourth-order valence-electron chi connectivity index (χ4n) is 4.03. The lowest BCUT2D eigenvalue weighted by Crippen LogP contribution is -2.44. The first-order valence-electron chi connectivity index (χ1n) is 11.7. The average Bonchev–Trinajstić information content (AvgIpc) is 3.21. The molecule has 0 saturated carbocycles. The highest BCUT2D eigenvalue weighted by molar-refractivity contribution is 5.96. The summed E-state index contributed by atoms with van der Waals surface area (Å²) in [5.74, 6) is -2.14. The van der Waals surface area contributed by atoms with Gasteiger partial charge in [0.05, 0.1) is 18.3 Å². The van der Waals surface area contributed by atoms with Crippen molar-refractivity contribution < 1.29 is 23.5 Å². The van der Waals surface area contributed by atoms with E-state index in [4.69, 9.17) is 0 Å². The van der Waals surface area contributed by atoms with E-state index in [2.05, 4.69) is 15.6 Å². The van der Waals surface area contributed by atoms with Crippen LogP contribution in [0.4, 0.5) is 14.6 Å². The summed E-state index contributed by atoms with van der Waals surface area (Å²) in [6.07, 6.45) is 5.87. The predicted octanol–water partition coefficient (Wildman–Crippen LogP) is 4.30. The van der Waals surface area contributed by atoms with Crippen molar-refractivity contribution in [2.45, 2.75) is 90.3 Å². The van der Waals surface area contributed by atoms with E-state index in [0.29, 0.717) is 37.9 Å².